The molecular weight excluding hydrogens is 336 g/mol. The lowest BCUT2D eigenvalue weighted by Crippen LogP contribution is -2.16. The Balaban J connectivity index is 1.95. The predicted octanol–water partition coefficient (Wildman–Crippen LogP) is 5.83. The molecule has 1 aliphatic rings. The standard InChI is InChI=1S/C24H20O3/c1-2-25-20-12-11-16-7-3-5-9-18(16)22(20)23-19-10-6-4-8-17(19)15-21-24(23)27-14-13-26-21/h3-12,15H,2,13-14H2,1H3. The molecule has 0 saturated heterocycles. The number of hydrogen-bond donors (Lipinski definition) is 0. The maximum atomic E-state index is 6.12. The highest BCUT2D eigenvalue weighted by atomic mass is 16.6. The molecule has 4 aromatic carbocycles. The van der Waals surface area contributed by atoms with Crippen molar-refractivity contribution in [3.8, 4) is 28.4 Å². The third kappa shape index (κ3) is 2.58. The molecule has 3 heteroatoms. The van der Waals surface area contributed by atoms with E-state index in [2.05, 4.69) is 66.7 Å². The Kier molecular flexibility index (Phi) is 3.86. The molecule has 0 atom stereocenters. The van der Waals surface area contributed by atoms with Crippen molar-refractivity contribution in [2.24, 2.45) is 0 Å². The third-order valence-electron chi connectivity index (χ3n) is 5.00. The summed E-state index contributed by atoms with van der Waals surface area (Å²) in [4.78, 5) is 0. The van der Waals surface area contributed by atoms with Crippen LogP contribution in [0.5, 0.6) is 17.2 Å². The molecule has 0 aromatic heterocycles. The van der Waals surface area contributed by atoms with E-state index in [0.29, 0.717) is 19.8 Å². The smallest absolute Gasteiger partial charge is 0.169 e. The Morgan fingerprint density at radius 2 is 1.48 bits per heavy atom. The quantitative estimate of drug-likeness (QED) is 0.462. The maximum absolute atomic E-state index is 6.12. The summed E-state index contributed by atoms with van der Waals surface area (Å²) in [5.41, 5.74) is 2.11. The van der Waals surface area contributed by atoms with Gasteiger partial charge in [-0.1, -0.05) is 54.6 Å². The van der Waals surface area contributed by atoms with Crippen LogP contribution in [0, 0.1) is 0 Å². The van der Waals surface area contributed by atoms with Crippen LogP contribution in [-0.2, 0) is 0 Å². The topological polar surface area (TPSA) is 27.7 Å². The molecule has 0 N–H and O–H groups in total. The molecule has 5 rings (SSSR count). The molecule has 0 unspecified atom stereocenters. The Labute approximate surface area is 158 Å². The van der Waals surface area contributed by atoms with Gasteiger partial charge in [0, 0.05) is 11.1 Å². The van der Waals surface area contributed by atoms with Gasteiger partial charge in [-0.2, -0.15) is 0 Å². The Morgan fingerprint density at radius 3 is 2.30 bits per heavy atom. The zero-order valence-electron chi connectivity index (χ0n) is 15.2. The molecule has 3 nitrogen and oxygen atoms in total. The highest BCUT2D eigenvalue weighted by Gasteiger charge is 2.24. The fourth-order valence-corrected chi connectivity index (χ4v) is 3.88. The predicted molar refractivity (Wildman–Crippen MR) is 109 cm³/mol. The Hall–Kier alpha value is -3.20. The van der Waals surface area contributed by atoms with Crippen molar-refractivity contribution in [3.05, 3.63) is 66.7 Å². The first kappa shape index (κ1) is 16.0. The molecule has 0 radical (unpaired) electrons. The second-order valence-electron chi connectivity index (χ2n) is 6.59. The van der Waals surface area contributed by atoms with E-state index in [0.717, 1.165) is 44.5 Å². The lowest BCUT2D eigenvalue weighted by atomic mass is 9.91. The van der Waals surface area contributed by atoms with Crippen LogP contribution in [0.25, 0.3) is 32.7 Å². The summed E-state index contributed by atoms with van der Waals surface area (Å²) in [5.74, 6) is 2.46. The number of fused-ring (bicyclic) bond motifs is 3. The summed E-state index contributed by atoms with van der Waals surface area (Å²) >= 11 is 0. The second-order valence-corrected chi connectivity index (χ2v) is 6.59. The fraction of sp³-hybridized carbons (Fsp3) is 0.167. The number of hydrogen-bond acceptors (Lipinski definition) is 3. The van der Waals surface area contributed by atoms with Crippen LogP contribution in [0.15, 0.2) is 66.7 Å². The largest absolute Gasteiger partial charge is 0.493 e. The molecule has 134 valence electrons. The van der Waals surface area contributed by atoms with Crippen LogP contribution in [0.1, 0.15) is 6.92 Å². The van der Waals surface area contributed by atoms with Gasteiger partial charge < -0.3 is 14.2 Å². The highest BCUT2D eigenvalue weighted by Crippen LogP contribution is 2.50. The van der Waals surface area contributed by atoms with Crippen molar-refractivity contribution < 1.29 is 14.2 Å². The third-order valence-corrected chi connectivity index (χ3v) is 5.00. The summed E-state index contributed by atoms with van der Waals surface area (Å²) in [7, 11) is 0. The van der Waals surface area contributed by atoms with Gasteiger partial charge in [-0.25, -0.2) is 0 Å². The van der Waals surface area contributed by atoms with Gasteiger partial charge in [0.1, 0.15) is 19.0 Å². The Bertz CT molecular complexity index is 1150. The van der Waals surface area contributed by atoms with Crippen molar-refractivity contribution in [1.82, 2.24) is 0 Å². The molecule has 0 spiro atoms. The molecule has 0 bridgehead atoms. The van der Waals surface area contributed by atoms with E-state index in [4.69, 9.17) is 14.2 Å². The van der Waals surface area contributed by atoms with Crippen LogP contribution >= 0.6 is 0 Å². The zero-order valence-corrected chi connectivity index (χ0v) is 15.2. The lowest BCUT2D eigenvalue weighted by molar-refractivity contribution is 0.173. The van der Waals surface area contributed by atoms with Crippen molar-refractivity contribution in [2.75, 3.05) is 19.8 Å². The van der Waals surface area contributed by atoms with Gasteiger partial charge in [-0.3, -0.25) is 0 Å². The first-order valence-corrected chi connectivity index (χ1v) is 9.33. The Morgan fingerprint density at radius 1 is 0.778 bits per heavy atom. The van der Waals surface area contributed by atoms with Crippen LogP contribution in [-0.4, -0.2) is 19.8 Å². The normalized spacial score (nSPS) is 13.1. The fourth-order valence-electron chi connectivity index (χ4n) is 3.88. The molecule has 4 aromatic rings. The van der Waals surface area contributed by atoms with E-state index in [1.54, 1.807) is 0 Å². The summed E-state index contributed by atoms with van der Waals surface area (Å²) in [6.07, 6.45) is 0. The van der Waals surface area contributed by atoms with Crippen molar-refractivity contribution in [2.45, 2.75) is 6.92 Å². The van der Waals surface area contributed by atoms with Gasteiger partial charge in [0.2, 0.25) is 0 Å². The van der Waals surface area contributed by atoms with Gasteiger partial charge in [-0.05, 0) is 40.6 Å². The summed E-state index contributed by atoms with van der Waals surface area (Å²) in [5, 5.41) is 4.59. The first-order chi connectivity index (χ1) is 13.4. The van der Waals surface area contributed by atoms with E-state index in [1.807, 2.05) is 6.92 Å². The first-order valence-electron chi connectivity index (χ1n) is 9.33. The number of benzene rings is 4. The maximum Gasteiger partial charge on any atom is 0.169 e. The monoisotopic (exact) mass is 356 g/mol. The minimum absolute atomic E-state index is 0.549. The van der Waals surface area contributed by atoms with Gasteiger partial charge in [0.15, 0.2) is 11.5 Å². The minimum Gasteiger partial charge on any atom is -0.493 e. The molecule has 0 aliphatic carbocycles. The second kappa shape index (κ2) is 6.51. The summed E-state index contributed by atoms with van der Waals surface area (Å²) < 4.78 is 18.1. The van der Waals surface area contributed by atoms with Crippen LogP contribution in [0.2, 0.25) is 0 Å². The van der Waals surface area contributed by atoms with E-state index >= 15 is 0 Å². The van der Waals surface area contributed by atoms with Gasteiger partial charge >= 0.3 is 0 Å². The van der Waals surface area contributed by atoms with Crippen molar-refractivity contribution >= 4 is 21.5 Å². The molecule has 1 aliphatic heterocycles. The van der Waals surface area contributed by atoms with Gasteiger partial charge in [0.05, 0.1) is 6.61 Å². The van der Waals surface area contributed by atoms with E-state index in [9.17, 15) is 0 Å². The van der Waals surface area contributed by atoms with Gasteiger partial charge in [-0.15, -0.1) is 0 Å². The number of ether oxygens (including phenoxy) is 3. The van der Waals surface area contributed by atoms with Crippen molar-refractivity contribution in [3.63, 3.8) is 0 Å². The SMILES string of the molecule is CCOc1ccc2ccccc2c1-c1c2c(cc3ccccc13)OCCO2. The molecule has 1 heterocycles. The molecule has 0 amide bonds. The van der Waals surface area contributed by atoms with Crippen LogP contribution < -0.4 is 14.2 Å². The molecular formula is C24H20O3. The van der Waals surface area contributed by atoms with Crippen LogP contribution in [0.4, 0.5) is 0 Å². The summed E-state index contributed by atoms with van der Waals surface area (Å²) in [6.45, 7) is 3.73. The molecule has 0 fully saturated rings. The zero-order chi connectivity index (χ0) is 18.2. The van der Waals surface area contributed by atoms with Crippen LogP contribution in [0.3, 0.4) is 0 Å². The van der Waals surface area contributed by atoms with Crippen molar-refractivity contribution in [1.29, 1.82) is 0 Å². The van der Waals surface area contributed by atoms with E-state index in [-0.39, 0.29) is 0 Å². The average Bonchev–Trinajstić information content (AvgIpc) is 2.72. The highest BCUT2D eigenvalue weighted by molar-refractivity contribution is 6.10. The minimum atomic E-state index is 0.549. The molecule has 27 heavy (non-hydrogen) atoms. The molecule has 0 saturated carbocycles. The summed E-state index contributed by atoms with van der Waals surface area (Å²) in [6, 6.07) is 23.0. The van der Waals surface area contributed by atoms with E-state index in [1.165, 1.54) is 5.39 Å². The van der Waals surface area contributed by atoms with E-state index < -0.39 is 0 Å². The number of rotatable bonds is 3. The van der Waals surface area contributed by atoms with Gasteiger partial charge in [0.25, 0.3) is 0 Å². The lowest BCUT2D eigenvalue weighted by Gasteiger charge is -2.24. The average molecular weight is 356 g/mol.